The summed E-state index contributed by atoms with van der Waals surface area (Å²) in [5, 5.41) is 16.1. The maximum absolute atomic E-state index is 13.4. The fourth-order valence-electron chi connectivity index (χ4n) is 4.28. The van der Waals surface area contributed by atoms with Gasteiger partial charge in [-0.25, -0.2) is 0 Å². The van der Waals surface area contributed by atoms with Crippen molar-refractivity contribution in [3.05, 3.63) is 24.3 Å². The average Bonchev–Trinajstić information content (AvgIpc) is 3.44. The third kappa shape index (κ3) is 16.8. The molecule has 4 N–H and O–H groups in total. The summed E-state index contributed by atoms with van der Waals surface area (Å²) in [6.45, 7) is 28.7. The molecule has 1 saturated heterocycles. The van der Waals surface area contributed by atoms with E-state index in [1.165, 1.54) is 0 Å². The second-order valence-corrected chi connectivity index (χ2v) is 10.0. The molecule has 0 bridgehead atoms. The summed E-state index contributed by atoms with van der Waals surface area (Å²) in [7, 11) is 2.78. The second-order valence-electron chi connectivity index (χ2n) is 10.0. The summed E-state index contributed by atoms with van der Waals surface area (Å²) in [6.07, 6.45) is 6.25. The smallest absolute Gasteiger partial charge is 0.249 e. The molecule has 1 aliphatic rings. The number of nitrogens with one attached hydrogen (secondary N) is 3. The fraction of sp³-hybridized carbons (Fsp3) is 0.781. The summed E-state index contributed by atoms with van der Waals surface area (Å²) in [6, 6.07) is -1.30. The van der Waals surface area contributed by atoms with E-state index >= 15 is 0 Å². The molecule has 1 rings (SSSR count). The van der Waals surface area contributed by atoms with Crippen LogP contribution in [0.25, 0.3) is 0 Å². The number of allylic oxidation sites excluding steroid dienone is 1. The van der Waals surface area contributed by atoms with E-state index in [0.717, 1.165) is 13.5 Å². The Morgan fingerprint density at radius 2 is 1.57 bits per heavy atom. The molecule has 3 unspecified atom stereocenters. The van der Waals surface area contributed by atoms with Gasteiger partial charge in [-0.2, -0.15) is 0 Å². The minimum Gasteiger partial charge on any atom is -0.400 e. The molecule has 0 aromatic heterocycles. The molecule has 1 heterocycles. The monoisotopic (exact) mass is 571 g/mol. The Kier molecular flexibility index (Phi) is 30.3. The normalized spacial score (nSPS) is 15.8. The van der Waals surface area contributed by atoms with Gasteiger partial charge in [0.25, 0.3) is 0 Å². The standard InChI is InChI=1S/C25H44N4O3.3C2H6.CH4O/c1-9-12-18(22(30)27-14-10-2)19(16-17(3)4)28-23(31)20-13-11-15-29(20)24(32)21(26-8)25(5,6)7;4*1-2/h10,12,17,19-21,26H,2,9,11,13-16H2,1,3-8H3,(H,27,30)(H,28,31);3*1-2H3;2H,1H3/b18-12+;;;;. The lowest BCUT2D eigenvalue weighted by molar-refractivity contribution is -0.142. The van der Waals surface area contributed by atoms with E-state index in [1.807, 2.05) is 75.3 Å². The summed E-state index contributed by atoms with van der Waals surface area (Å²) >= 11 is 0. The summed E-state index contributed by atoms with van der Waals surface area (Å²) in [5.74, 6) is -0.154. The van der Waals surface area contributed by atoms with E-state index in [2.05, 4.69) is 36.4 Å². The Bertz CT molecular complexity index is 700. The van der Waals surface area contributed by atoms with Gasteiger partial charge in [0.15, 0.2) is 0 Å². The van der Waals surface area contributed by atoms with Crippen LogP contribution in [0.15, 0.2) is 24.3 Å². The van der Waals surface area contributed by atoms with E-state index < -0.39 is 12.1 Å². The number of likely N-dealkylation sites (tertiary alicyclic amines) is 1. The van der Waals surface area contributed by atoms with Gasteiger partial charge in [0.2, 0.25) is 17.7 Å². The van der Waals surface area contributed by atoms with Crippen LogP contribution in [0.1, 0.15) is 109 Å². The number of likely N-dealkylation sites (N-methyl/N-ethyl adjacent to an activating group) is 1. The van der Waals surface area contributed by atoms with Crippen LogP contribution >= 0.6 is 0 Å². The maximum Gasteiger partial charge on any atom is 0.249 e. The second kappa shape index (κ2) is 27.0. The molecular formula is C32H66N4O4. The topological polar surface area (TPSA) is 111 Å². The molecule has 40 heavy (non-hydrogen) atoms. The SMILES string of the molecule is C=CCNC(=O)/C(=C/CC)C(CC(C)C)NC(=O)C1CCCN1C(=O)C(NC)C(C)(C)C.CC.CC.CC.CO. The molecule has 0 aliphatic carbocycles. The van der Waals surface area contributed by atoms with Crippen molar-refractivity contribution in [3.8, 4) is 0 Å². The fourth-order valence-corrected chi connectivity index (χ4v) is 4.28. The molecule has 1 aliphatic heterocycles. The number of hydrogen-bond acceptors (Lipinski definition) is 5. The summed E-state index contributed by atoms with van der Waals surface area (Å²) < 4.78 is 0. The Labute approximate surface area is 247 Å². The number of hydrogen-bond donors (Lipinski definition) is 4. The summed E-state index contributed by atoms with van der Waals surface area (Å²) in [4.78, 5) is 41.1. The lowest BCUT2D eigenvalue weighted by atomic mass is 9.85. The molecule has 0 aromatic carbocycles. The molecule has 8 nitrogen and oxygen atoms in total. The zero-order valence-electron chi connectivity index (χ0n) is 28.5. The Hall–Kier alpha value is -2.19. The Morgan fingerprint density at radius 1 is 1.05 bits per heavy atom. The van der Waals surface area contributed by atoms with Crippen LogP contribution in [0.4, 0.5) is 0 Å². The van der Waals surface area contributed by atoms with Gasteiger partial charge in [0, 0.05) is 25.8 Å². The highest BCUT2D eigenvalue weighted by atomic mass is 16.2. The van der Waals surface area contributed by atoms with Gasteiger partial charge in [-0.3, -0.25) is 14.4 Å². The van der Waals surface area contributed by atoms with Crippen molar-refractivity contribution in [2.75, 3.05) is 27.2 Å². The number of carbonyl (C=O) groups is 3. The van der Waals surface area contributed by atoms with Crippen LogP contribution in [-0.2, 0) is 14.4 Å². The molecule has 3 atom stereocenters. The molecule has 8 heteroatoms. The molecule has 1 fully saturated rings. The molecule has 238 valence electrons. The Morgan fingerprint density at radius 3 is 1.98 bits per heavy atom. The van der Waals surface area contributed by atoms with Gasteiger partial charge >= 0.3 is 0 Å². The molecule has 0 saturated carbocycles. The van der Waals surface area contributed by atoms with Crippen molar-refractivity contribution in [2.24, 2.45) is 11.3 Å². The highest BCUT2D eigenvalue weighted by Gasteiger charge is 2.41. The molecule has 3 amide bonds. The van der Waals surface area contributed by atoms with Gasteiger partial charge in [-0.05, 0) is 44.1 Å². The minimum atomic E-state index is -0.519. The van der Waals surface area contributed by atoms with E-state index in [9.17, 15) is 14.4 Å². The van der Waals surface area contributed by atoms with Crippen molar-refractivity contribution in [1.82, 2.24) is 20.9 Å². The Balaban J connectivity index is -0.000000739. The third-order valence-corrected chi connectivity index (χ3v) is 5.73. The largest absolute Gasteiger partial charge is 0.400 e. The van der Waals surface area contributed by atoms with E-state index in [4.69, 9.17) is 5.11 Å². The van der Waals surface area contributed by atoms with Gasteiger partial charge in [0.05, 0.1) is 12.1 Å². The van der Waals surface area contributed by atoms with Crippen LogP contribution in [0.3, 0.4) is 0 Å². The van der Waals surface area contributed by atoms with Crippen molar-refractivity contribution >= 4 is 17.7 Å². The number of amides is 3. The van der Waals surface area contributed by atoms with E-state index in [0.29, 0.717) is 37.9 Å². The van der Waals surface area contributed by atoms with E-state index in [-0.39, 0.29) is 35.1 Å². The van der Waals surface area contributed by atoms with E-state index in [1.54, 1.807) is 18.0 Å². The highest BCUT2D eigenvalue weighted by molar-refractivity contribution is 5.96. The first kappa shape index (κ1) is 44.8. The van der Waals surface area contributed by atoms with Crippen molar-refractivity contribution < 1.29 is 19.5 Å². The lowest BCUT2D eigenvalue weighted by Gasteiger charge is -2.35. The molecule has 0 radical (unpaired) electrons. The van der Waals surface area contributed by atoms with Crippen molar-refractivity contribution in [3.63, 3.8) is 0 Å². The predicted molar refractivity (Wildman–Crippen MR) is 172 cm³/mol. The third-order valence-electron chi connectivity index (χ3n) is 5.73. The molecule has 0 spiro atoms. The molecule has 0 aromatic rings. The minimum absolute atomic E-state index is 0.0499. The quantitative estimate of drug-likeness (QED) is 0.195. The lowest BCUT2D eigenvalue weighted by Crippen LogP contribution is -2.57. The van der Waals surface area contributed by atoms with Crippen LogP contribution in [0, 0.1) is 11.3 Å². The average molecular weight is 571 g/mol. The first-order chi connectivity index (χ1) is 19.0. The molecular weight excluding hydrogens is 504 g/mol. The van der Waals surface area contributed by atoms with Gasteiger partial charge in [0.1, 0.15) is 6.04 Å². The summed E-state index contributed by atoms with van der Waals surface area (Å²) in [5.41, 5.74) is 0.297. The van der Waals surface area contributed by atoms with Gasteiger partial charge < -0.3 is 26.0 Å². The van der Waals surface area contributed by atoms with Crippen molar-refractivity contribution in [2.45, 2.75) is 127 Å². The maximum atomic E-state index is 13.4. The zero-order chi connectivity index (χ0) is 32.5. The number of nitrogens with zero attached hydrogens (tertiary/aromatic N) is 1. The van der Waals surface area contributed by atoms with Gasteiger partial charge in [-0.1, -0.05) is 95.2 Å². The number of carbonyl (C=O) groups excluding carboxylic acids is 3. The van der Waals surface area contributed by atoms with Gasteiger partial charge in [-0.15, -0.1) is 6.58 Å². The zero-order valence-corrected chi connectivity index (χ0v) is 28.5. The number of rotatable bonds is 11. The first-order valence-corrected chi connectivity index (χ1v) is 15.3. The van der Waals surface area contributed by atoms with Crippen molar-refractivity contribution in [1.29, 1.82) is 0 Å². The van der Waals surface area contributed by atoms with Crippen LogP contribution in [0.2, 0.25) is 0 Å². The highest BCUT2D eigenvalue weighted by Crippen LogP contribution is 2.26. The van der Waals surface area contributed by atoms with Crippen LogP contribution in [-0.4, -0.2) is 73.1 Å². The van der Waals surface area contributed by atoms with Crippen LogP contribution < -0.4 is 16.0 Å². The number of aliphatic hydroxyl groups is 1. The van der Waals surface area contributed by atoms with Crippen LogP contribution in [0.5, 0.6) is 0 Å². The number of aliphatic hydroxyl groups excluding tert-OH is 1. The predicted octanol–water partition coefficient (Wildman–Crippen LogP) is 5.47. The first-order valence-electron chi connectivity index (χ1n) is 15.3.